The fraction of sp³-hybridized carbons (Fsp3) is 0.292. The van der Waals surface area contributed by atoms with Crippen molar-refractivity contribution in [1.82, 2.24) is 24.6 Å². The topological polar surface area (TPSA) is 126 Å². The zero-order valence-corrected chi connectivity index (χ0v) is 19.5. The van der Waals surface area contributed by atoms with Gasteiger partial charge >= 0.3 is 5.97 Å². The second kappa shape index (κ2) is 9.34. The monoisotopic (exact) mass is 461 g/mol. The molecule has 10 nitrogen and oxygen atoms in total. The van der Waals surface area contributed by atoms with Crippen LogP contribution in [0.1, 0.15) is 42.4 Å². The van der Waals surface area contributed by atoms with Gasteiger partial charge in [0.1, 0.15) is 17.7 Å². The Morgan fingerprint density at radius 1 is 1.18 bits per heavy atom. The van der Waals surface area contributed by atoms with Gasteiger partial charge in [0.05, 0.1) is 19.6 Å². The number of hydrogen-bond donors (Lipinski definition) is 3. The van der Waals surface area contributed by atoms with Gasteiger partial charge in [0.15, 0.2) is 5.65 Å². The van der Waals surface area contributed by atoms with E-state index in [2.05, 4.69) is 51.5 Å². The SMILES string of the molecule is COC(=O)C(Cc1cnc[nH]1)Nc1cc(NC(=O)c2ccc(C(C)(C)C)cc2)nc2ccnn12. The summed E-state index contributed by atoms with van der Waals surface area (Å²) in [6, 6.07) is 10.1. The predicted octanol–water partition coefficient (Wildman–Crippen LogP) is 3.20. The third kappa shape index (κ3) is 5.06. The highest BCUT2D eigenvalue weighted by molar-refractivity contribution is 6.04. The fourth-order valence-corrected chi connectivity index (χ4v) is 3.52. The van der Waals surface area contributed by atoms with Gasteiger partial charge in [-0.15, -0.1) is 0 Å². The third-order valence-corrected chi connectivity index (χ3v) is 5.40. The molecular weight excluding hydrogens is 434 g/mol. The number of esters is 1. The first-order chi connectivity index (χ1) is 16.2. The van der Waals surface area contributed by atoms with Crippen LogP contribution < -0.4 is 10.6 Å². The number of anilines is 2. The summed E-state index contributed by atoms with van der Waals surface area (Å²) < 4.78 is 6.51. The van der Waals surface area contributed by atoms with Crippen LogP contribution in [-0.2, 0) is 21.4 Å². The fourth-order valence-electron chi connectivity index (χ4n) is 3.52. The minimum atomic E-state index is -0.714. The number of rotatable bonds is 7. The number of aromatic amines is 1. The smallest absolute Gasteiger partial charge is 0.328 e. The minimum absolute atomic E-state index is 0.00343. The number of carbonyl (C=O) groups excluding carboxylic acids is 2. The normalized spacial score (nSPS) is 12.4. The predicted molar refractivity (Wildman–Crippen MR) is 128 cm³/mol. The second-order valence-corrected chi connectivity index (χ2v) is 8.91. The molecule has 0 saturated carbocycles. The number of fused-ring (bicyclic) bond motifs is 1. The van der Waals surface area contributed by atoms with Gasteiger partial charge < -0.3 is 20.4 Å². The first kappa shape index (κ1) is 23.0. The molecule has 0 radical (unpaired) electrons. The van der Waals surface area contributed by atoms with Crippen molar-refractivity contribution in [3.05, 3.63) is 71.9 Å². The maximum atomic E-state index is 12.9. The quantitative estimate of drug-likeness (QED) is 0.361. The van der Waals surface area contributed by atoms with Crippen LogP contribution in [0.25, 0.3) is 5.65 Å². The van der Waals surface area contributed by atoms with Crippen LogP contribution in [0.2, 0.25) is 0 Å². The molecule has 176 valence electrons. The number of H-pyrrole nitrogens is 1. The van der Waals surface area contributed by atoms with E-state index in [-0.39, 0.29) is 11.3 Å². The molecule has 0 saturated heterocycles. The van der Waals surface area contributed by atoms with Gasteiger partial charge in [-0.1, -0.05) is 32.9 Å². The highest BCUT2D eigenvalue weighted by Crippen LogP contribution is 2.23. The van der Waals surface area contributed by atoms with Crippen molar-refractivity contribution in [2.45, 2.75) is 38.6 Å². The van der Waals surface area contributed by atoms with Crippen LogP contribution in [0, 0.1) is 0 Å². The van der Waals surface area contributed by atoms with E-state index in [1.807, 2.05) is 12.1 Å². The number of nitrogens with one attached hydrogen (secondary N) is 3. The highest BCUT2D eigenvalue weighted by Gasteiger charge is 2.22. The van der Waals surface area contributed by atoms with Crippen molar-refractivity contribution in [3.8, 4) is 0 Å². The lowest BCUT2D eigenvalue weighted by Crippen LogP contribution is -2.34. The number of amides is 1. The van der Waals surface area contributed by atoms with Gasteiger partial charge in [0.25, 0.3) is 5.91 Å². The van der Waals surface area contributed by atoms with E-state index in [4.69, 9.17) is 4.74 Å². The standard InChI is InChI=1S/C24H27N7O3/c1-24(2,3)16-7-5-15(6-8-16)22(32)30-19-12-21(31-20(29-19)9-10-27-31)28-18(23(33)34-4)11-17-13-25-14-26-17/h5-10,12-14,18,28H,11H2,1-4H3,(H,25,26)(H,29,30,32). The molecule has 0 bridgehead atoms. The van der Waals surface area contributed by atoms with Crippen molar-refractivity contribution in [2.75, 3.05) is 17.7 Å². The molecule has 3 N–H and O–H groups in total. The number of aromatic nitrogens is 5. The molecule has 3 heterocycles. The van der Waals surface area contributed by atoms with Gasteiger partial charge in [0.2, 0.25) is 0 Å². The van der Waals surface area contributed by atoms with Crippen LogP contribution in [0.4, 0.5) is 11.6 Å². The summed E-state index contributed by atoms with van der Waals surface area (Å²) >= 11 is 0. The molecule has 1 aromatic carbocycles. The molecule has 4 rings (SSSR count). The molecule has 1 unspecified atom stereocenters. The maximum Gasteiger partial charge on any atom is 0.328 e. The van der Waals surface area contributed by atoms with E-state index >= 15 is 0 Å². The van der Waals surface area contributed by atoms with Crippen molar-refractivity contribution in [2.24, 2.45) is 0 Å². The largest absolute Gasteiger partial charge is 0.467 e. The first-order valence-electron chi connectivity index (χ1n) is 10.8. The summed E-state index contributed by atoms with van der Waals surface area (Å²) in [6.45, 7) is 6.36. The molecule has 0 aliphatic rings. The van der Waals surface area contributed by atoms with Crippen LogP contribution in [0.5, 0.6) is 0 Å². The molecule has 34 heavy (non-hydrogen) atoms. The highest BCUT2D eigenvalue weighted by atomic mass is 16.5. The number of nitrogens with zero attached hydrogens (tertiary/aromatic N) is 4. The summed E-state index contributed by atoms with van der Waals surface area (Å²) in [4.78, 5) is 36.7. The van der Waals surface area contributed by atoms with Gasteiger partial charge in [0, 0.05) is 36.0 Å². The first-order valence-corrected chi connectivity index (χ1v) is 10.8. The Kier molecular flexibility index (Phi) is 6.31. The van der Waals surface area contributed by atoms with Crippen molar-refractivity contribution < 1.29 is 14.3 Å². The number of carbonyl (C=O) groups is 2. The van der Waals surface area contributed by atoms with E-state index in [9.17, 15) is 9.59 Å². The van der Waals surface area contributed by atoms with Crippen LogP contribution in [0.3, 0.4) is 0 Å². The van der Waals surface area contributed by atoms with Crippen molar-refractivity contribution in [3.63, 3.8) is 0 Å². The molecule has 0 aliphatic heterocycles. The summed E-state index contributed by atoms with van der Waals surface area (Å²) in [5.41, 5.74) is 2.93. The zero-order valence-electron chi connectivity index (χ0n) is 19.5. The summed E-state index contributed by atoms with van der Waals surface area (Å²) in [5.74, 6) is 0.0647. The Hall–Kier alpha value is -4.21. The van der Waals surface area contributed by atoms with Crippen LogP contribution in [-0.4, -0.2) is 49.6 Å². The molecule has 10 heteroatoms. The Balaban J connectivity index is 1.59. The van der Waals surface area contributed by atoms with Gasteiger partial charge in [-0.3, -0.25) is 4.79 Å². The molecule has 0 fully saturated rings. The summed E-state index contributed by atoms with van der Waals surface area (Å²) in [7, 11) is 1.33. The van der Waals surface area contributed by atoms with E-state index < -0.39 is 12.0 Å². The second-order valence-electron chi connectivity index (χ2n) is 8.91. The number of methoxy groups -OCH3 is 1. The Morgan fingerprint density at radius 3 is 2.59 bits per heavy atom. The van der Waals surface area contributed by atoms with Crippen molar-refractivity contribution >= 4 is 29.2 Å². The van der Waals surface area contributed by atoms with Gasteiger partial charge in [-0.2, -0.15) is 9.61 Å². The molecule has 3 aromatic heterocycles. The Morgan fingerprint density at radius 2 is 1.94 bits per heavy atom. The number of benzene rings is 1. The van der Waals surface area contributed by atoms with Crippen molar-refractivity contribution in [1.29, 1.82) is 0 Å². The summed E-state index contributed by atoms with van der Waals surface area (Å²) in [6.07, 6.45) is 5.10. The molecular formula is C24H27N7O3. The van der Waals surface area contributed by atoms with Gasteiger partial charge in [-0.25, -0.2) is 14.8 Å². The molecule has 0 spiro atoms. The van der Waals surface area contributed by atoms with E-state index in [1.165, 1.54) is 7.11 Å². The van der Waals surface area contributed by atoms with E-state index in [1.54, 1.807) is 47.5 Å². The number of ether oxygens (including phenoxy) is 1. The lowest BCUT2D eigenvalue weighted by Gasteiger charge is -2.19. The van der Waals surface area contributed by atoms with E-state index in [0.29, 0.717) is 29.3 Å². The average Bonchev–Trinajstić information content (AvgIpc) is 3.49. The van der Waals surface area contributed by atoms with Crippen LogP contribution in [0.15, 0.2) is 55.1 Å². The van der Waals surface area contributed by atoms with E-state index in [0.717, 1.165) is 11.3 Å². The Labute approximate surface area is 196 Å². The number of imidazole rings is 1. The molecule has 1 atom stereocenters. The average molecular weight is 462 g/mol. The Bertz CT molecular complexity index is 1290. The molecule has 1 amide bonds. The zero-order chi connectivity index (χ0) is 24.3. The maximum absolute atomic E-state index is 12.9. The molecule has 0 aliphatic carbocycles. The van der Waals surface area contributed by atoms with Gasteiger partial charge in [-0.05, 0) is 23.1 Å². The molecule has 4 aromatic rings. The lowest BCUT2D eigenvalue weighted by molar-refractivity contribution is -0.141. The summed E-state index contributed by atoms with van der Waals surface area (Å²) in [5, 5.41) is 10.3. The minimum Gasteiger partial charge on any atom is -0.467 e. The third-order valence-electron chi connectivity index (χ3n) is 5.40. The number of hydrogen-bond acceptors (Lipinski definition) is 7. The lowest BCUT2D eigenvalue weighted by atomic mass is 9.87. The van der Waals surface area contributed by atoms with Crippen LogP contribution >= 0.6 is 0 Å².